The number of ether oxygens (including phenoxy) is 3. The van der Waals surface area contributed by atoms with Crippen molar-refractivity contribution in [2.24, 2.45) is 0 Å². The van der Waals surface area contributed by atoms with Crippen LogP contribution in [0.1, 0.15) is 36.2 Å². The van der Waals surface area contributed by atoms with E-state index >= 15 is 0 Å². The van der Waals surface area contributed by atoms with Gasteiger partial charge in [-0.15, -0.1) is 5.10 Å². The summed E-state index contributed by atoms with van der Waals surface area (Å²) in [5.74, 6) is 2.22. The zero-order chi connectivity index (χ0) is 20.7. The number of quaternary nitrogens is 1. The van der Waals surface area contributed by atoms with Crippen LogP contribution in [0.2, 0.25) is 0 Å². The van der Waals surface area contributed by atoms with Gasteiger partial charge in [-0.3, -0.25) is 0 Å². The molecular formula is C20H27N4O4S+. The van der Waals surface area contributed by atoms with E-state index in [1.165, 1.54) is 20.8 Å². The van der Waals surface area contributed by atoms with Crippen LogP contribution < -0.4 is 14.4 Å². The van der Waals surface area contributed by atoms with Crippen LogP contribution in [0.4, 0.5) is 0 Å². The molecule has 0 bridgehead atoms. The van der Waals surface area contributed by atoms with E-state index in [1.54, 1.807) is 14.2 Å². The number of nitrogens with one attached hydrogen (secondary N) is 1. The molecule has 0 spiro atoms. The maximum Gasteiger partial charge on any atom is 0.235 e. The van der Waals surface area contributed by atoms with Gasteiger partial charge < -0.3 is 24.2 Å². The molecule has 3 atom stereocenters. The van der Waals surface area contributed by atoms with Gasteiger partial charge in [0, 0.05) is 6.07 Å². The van der Waals surface area contributed by atoms with Gasteiger partial charge in [0.2, 0.25) is 10.8 Å². The summed E-state index contributed by atoms with van der Waals surface area (Å²) >= 11 is 1.46. The van der Waals surface area contributed by atoms with Crippen molar-refractivity contribution in [3.63, 3.8) is 0 Å². The summed E-state index contributed by atoms with van der Waals surface area (Å²) in [6, 6.07) is 5.68. The summed E-state index contributed by atoms with van der Waals surface area (Å²) in [4.78, 5) is 7.24. The van der Waals surface area contributed by atoms with Crippen LogP contribution in [0.3, 0.4) is 0 Å². The maximum absolute atomic E-state index is 11.0. The molecule has 3 aromatic rings. The summed E-state index contributed by atoms with van der Waals surface area (Å²) in [5, 5.41) is 15.4. The zero-order valence-corrected chi connectivity index (χ0v) is 18.1. The molecule has 0 saturated carbocycles. The number of fused-ring (bicyclic) bond motifs is 1. The number of rotatable bonds is 5. The maximum atomic E-state index is 11.0. The summed E-state index contributed by atoms with van der Waals surface area (Å²) in [5.41, 5.74) is 0.987. The number of aromatic hydroxyl groups is 1. The molecule has 1 fully saturated rings. The molecule has 1 aliphatic heterocycles. The number of hydrogen-bond donors (Lipinski definition) is 2. The van der Waals surface area contributed by atoms with Gasteiger partial charge in [0.1, 0.15) is 47.5 Å². The van der Waals surface area contributed by atoms with Crippen molar-refractivity contribution in [2.75, 3.05) is 27.3 Å². The van der Waals surface area contributed by atoms with Crippen LogP contribution in [0.25, 0.3) is 4.96 Å². The van der Waals surface area contributed by atoms with Crippen molar-refractivity contribution in [2.45, 2.75) is 39.0 Å². The van der Waals surface area contributed by atoms with E-state index in [0.29, 0.717) is 10.8 Å². The highest BCUT2D eigenvalue weighted by Gasteiger charge is 2.39. The van der Waals surface area contributed by atoms with Crippen molar-refractivity contribution < 1.29 is 24.2 Å². The number of nitrogens with zero attached hydrogens (tertiary/aromatic N) is 3. The third-order valence-electron chi connectivity index (χ3n) is 5.29. The predicted octanol–water partition coefficient (Wildman–Crippen LogP) is 1.60. The smallest absolute Gasteiger partial charge is 0.235 e. The number of thiazole rings is 1. The topological polar surface area (TPSA) is 82.6 Å². The lowest BCUT2D eigenvalue weighted by Gasteiger charge is -2.37. The minimum Gasteiger partial charge on any atom is -0.497 e. The van der Waals surface area contributed by atoms with Gasteiger partial charge in [0.25, 0.3) is 0 Å². The Bertz CT molecular complexity index is 1010. The average molecular weight is 420 g/mol. The minimum absolute atomic E-state index is 0.118. The third kappa shape index (κ3) is 3.65. The van der Waals surface area contributed by atoms with Gasteiger partial charge in [0.05, 0.1) is 19.8 Å². The fourth-order valence-electron chi connectivity index (χ4n) is 4.19. The van der Waals surface area contributed by atoms with Crippen LogP contribution in [-0.2, 0) is 4.74 Å². The second-order valence-corrected chi connectivity index (χ2v) is 8.52. The summed E-state index contributed by atoms with van der Waals surface area (Å²) in [6.45, 7) is 7.62. The molecular weight excluding hydrogens is 392 g/mol. The SMILES string of the molecule is COc1ccc([C@@H](c2sc3nc(C)nn3c2O)[NH+]2C[C@@H](C)O[C@H](C)C2)c(OC)c1. The molecule has 2 N–H and O–H groups in total. The molecule has 0 aliphatic carbocycles. The van der Waals surface area contributed by atoms with Gasteiger partial charge in [-0.2, -0.15) is 4.52 Å². The molecule has 9 heteroatoms. The molecule has 1 saturated heterocycles. The molecule has 29 heavy (non-hydrogen) atoms. The van der Waals surface area contributed by atoms with Gasteiger partial charge in [-0.1, -0.05) is 11.3 Å². The van der Waals surface area contributed by atoms with E-state index in [0.717, 1.165) is 35.0 Å². The predicted molar refractivity (Wildman–Crippen MR) is 109 cm³/mol. The van der Waals surface area contributed by atoms with Gasteiger partial charge >= 0.3 is 0 Å². The molecule has 8 nitrogen and oxygen atoms in total. The number of aromatic nitrogens is 3. The van der Waals surface area contributed by atoms with E-state index in [1.807, 2.05) is 25.1 Å². The van der Waals surface area contributed by atoms with E-state index in [4.69, 9.17) is 14.2 Å². The first-order valence-corrected chi connectivity index (χ1v) is 10.5. The van der Waals surface area contributed by atoms with Crippen molar-refractivity contribution in [1.82, 2.24) is 14.6 Å². The Balaban J connectivity index is 1.87. The Morgan fingerprint density at radius 1 is 1.24 bits per heavy atom. The first-order valence-electron chi connectivity index (χ1n) is 9.68. The van der Waals surface area contributed by atoms with Gasteiger partial charge in [-0.25, -0.2) is 4.98 Å². The Morgan fingerprint density at radius 2 is 1.97 bits per heavy atom. The van der Waals surface area contributed by atoms with Crippen molar-refractivity contribution in [3.8, 4) is 17.4 Å². The van der Waals surface area contributed by atoms with Crippen molar-refractivity contribution in [3.05, 3.63) is 34.5 Å². The highest BCUT2D eigenvalue weighted by Crippen LogP contribution is 2.39. The highest BCUT2D eigenvalue weighted by molar-refractivity contribution is 7.17. The third-order valence-corrected chi connectivity index (χ3v) is 6.38. The summed E-state index contributed by atoms with van der Waals surface area (Å²) in [6.07, 6.45) is 0.235. The lowest BCUT2D eigenvalue weighted by molar-refractivity contribution is -0.939. The number of hydrogen-bond acceptors (Lipinski definition) is 7. The fourth-order valence-corrected chi connectivity index (χ4v) is 5.37. The monoisotopic (exact) mass is 419 g/mol. The lowest BCUT2D eigenvalue weighted by Crippen LogP contribution is -3.15. The van der Waals surface area contributed by atoms with Crippen molar-refractivity contribution in [1.29, 1.82) is 0 Å². The van der Waals surface area contributed by atoms with Crippen LogP contribution >= 0.6 is 11.3 Å². The molecule has 0 amide bonds. The van der Waals surface area contributed by atoms with Gasteiger partial charge in [-0.05, 0) is 32.9 Å². The van der Waals surface area contributed by atoms with E-state index in [2.05, 4.69) is 23.9 Å². The summed E-state index contributed by atoms with van der Waals surface area (Å²) < 4.78 is 18.6. The fraction of sp³-hybridized carbons (Fsp3) is 0.500. The lowest BCUT2D eigenvalue weighted by atomic mass is 10.00. The number of methoxy groups -OCH3 is 2. The second kappa shape index (κ2) is 7.81. The molecule has 0 unspecified atom stereocenters. The van der Waals surface area contributed by atoms with Crippen LogP contribution in [0.5, 0.6) is 17.4 Å². The standard InChI is InChI=1S/C20H26N4O4S/c1-11-9-23(10-12(2)28-11)17(15-7-6-14(26-4)8-16(15)27-5)18-19(25)24-20(29-18)21-13(3)22-24/h6-8,11-12,17,25H,9-10H2,1-5H3/p+1/t11-,12-,17+/m1/s1. The number of aryl methyl sites for hydroxylation is 1. The molecule has 156 valence electrons. The van der Waals surface area contributed by atoms with Crippen LogP contribution in [0, 0.1) is 6.92 Å². The van der Waals surface area contributed by atoms with Gasteiger partial charge in [0.15, 0.2) is 6.04 Å². The molecule has 0 radical (unpaired) electrons. The van der Waals surface area contributed by atoms with Crippen LogP contribution in [0.15, 0.2) is 18.2 Å². The molecule has 4 rings (SSSR count). The molecule has 3 heterocycles. The minimum atomic E-state index is -0.140. The normalized spacial score (nSPS) is 23.3. The zero-order valence-electron chi connectivity index (χ0n) is 17.3. The van der Waals surface area contributed by atoms with E-state index in [9.17, 15) is 5.11 Å². The number of benzene rings is 1. The summed E-state index contributed by atoms with van der Waals surface area (Å²) in [7, 11) is 3.29. The molecule has 1 aromatic carbocycles. The first kappa shape index (κ1) is 19.9. The Morgan fingerprint density at radius 3 is 2.59 bits per heavy atom. The van der Waals surface area contributed by atoms with E-state index in [-0.39, 0.29) is 24.1 Å². The quantitative estimate of drug-likeness (QED) is 0.654. The Kier molecular flexibility index (Phi) is 5.37. The first-order chi connectivity index (χ1) is 13.9. The molecule has 1 aliphatic rings. The van der Waals surface area contributed by atoms with Crippen molar-refractivity contribution >= 4 is 16.3 Å². The average Bonchev–Trinajstić information content (AvgIpc) is 3.19. The molecule has 2 aromatic heterocycles. The number of morpholine rings is 1. The largest absolute Gasteiger partial charge is 0.497 e. The Labute approximate surface area is 173 Å². The highest BCUT2D eigenvalue weighted by atomic mass is 32.1. The van der Waals surface area contributed by atoms with E-state index < -0.39 is 0 Å². The second-order valence-electron chi connectivity index (χ2n) is 7.51. The Hall–Kier alpha value is -2.36. The van der Waals surface area contributed by atoms with Crippen LogP contribution in [-0.4, -0.2) is 59.2 Å².